The van der Waals surface area contributed by atoms with Crippen LogP contribution in [0.5, 0.6) is 0 Å². The lowest BCUT2D eigenvalue weighted by Gasteiger charge is -2.30. The molecule has 0 bridgehead atoms. The van der Waals surface area contributed by atoms with Gasteiger partial charge in [-0.2, -0.15) is 5.10 Å². The summed E-state index contributed by atoms with van der Waals surface area (Å²) in [4.78, 5) is 2.47. The Balaban J connectivity index is 1.96. The predicted molar refractivity (Wildman–Crippen MR) is 65.1 cm³/mol. The van der Waals surface area contributed by atoms with Crippen LogP contribution in [0.3, 0.4) is 0 Å². The van der Waals surface area contributed by atoms with Gasteiger partial charge in [-0.05, 0) is 32.8 Å². The standard InChI is InChI=1S/C12H22N4/c1-10(2)16-12(3-6-14-16)9-15-7-4-11(13)5-8-15/h3,6,10-11H,4-5,7-9,13H2,1-2H3. The van der Waals surface area contributed by atoms with Crippen LogP contribution in [0.25, 0.3) is 0 Å². The molecule has 0 aromatic carbocycles. The second kappa shape index (κ2) is 4.97. The van der Waals surface area contributed by atoms with Gasteiger partial charge in [0.1, 0.15) is 0 Å². The molecule has 16 heavy (non-hydrogen) atoms. The van der Waals surface area contributed by atoms with E-state index in [-0.39, 0.29) is 0 Å². The summed E-state index contributed by atoms with van der Waals surface area (Å²) >= 11 is 0. The molecule has 4 nitrogen and oxygen atoms in total. The van der Waals surface area contributed by atoms with E-state index in [0.29, 0.717) is 12.1 Å². The van der Waals surface area contributed by atoms with Gasteiger partial charge in [-0.15, -0.1) is 0 Å². The Morgan fingerprint density at radius 1 is 1.44 bits per heavy atom. The van der Waals surface area contributed by atoms with Crippen LogP contribution in [0.15, 0.2) is 12.3 Å². The van der Waals surface area contributed by atoms with Crippen molar-refractivity contribution in [2.75, 3.05) is 13.1 Å². The van der Waals surface area contributed by atoms with Gasteiger partial charge in [0.2, 0.25) is 0 Å². The quantitative estimate of drug-likeness (QED) is 0.840. The molecule has 0 spiro atoms. The van der Waals surface area contributed by atoms with E-state index in [2.05, 4.69) is 34.6 Å². The minimum Gasteiger partial charge on any atom is -0.328 e. The van der Waals surface area contributed by atoms with Crippen molar-refractivity contribution in [1.82, 2.24) is 14.7 Å². The molecule has 1 aromatic heterocycles. The first-order valence-corrected chi connectivity index (χ1v) is 6.17. The molecular formula is C12H22N4. The topological polar surface area (TPSA) is 47.1 Å². The fraction of sp³-hybridized carbons (Fsp3) is 0.750. The predicted octanol–water partition coefficient (Wildman–Crippen LogP) is 1.39. The third kappa shape index (κ3) is 2.62. The maximum absolute atomic E-state index is 5.90. The van der Waals surface area contributed by atoms with Crippen LogP contribution in [-0.4, -0.2) is 33.8 Å². The van der Waals surface area contributed by atoms with Crippen LogP contribution in [0.2, 0.25) is 0 Å². The highest BCUT2D eigenvalue weighted by molar-refractivity contribution is 5.01. The number of nitrogens with two attached hydrogens (primary N) is 1. The second-order valence-corrected chi connectivity index (χ2v) is 4.97. The van der Waals surface area contributed by atoms with Crippen molar-refractivity contribution in [2.24, 2.45) is 5.73 Å². The minimum atomic E-state index is 0.409. The molecule has 0 amide bonds. The molecule has 1 aliphatic heterocycles. The third-order valence-corrected chi connectivity index (χ3v) is 3.26. The molecule has 0 radical (unpaired) electrons. The largest absolute Gasteiger partial charge is 0.328 e. The Bertz CT molecular complexity index is 324. The van der Waals surface area contributed by atoms with Crippen LogP contribution in [0.4, 0.5) is 0 Å². The van der Waals surface area contributed by atoms with Crippen molar-refractivity contribution in [3.8, 4) is 0 Å². The summed E-state index contributed by atoms with van der Waals surface area (Å²) in [6.45, 7) is 7.57. The summed E-state index contributed by atoms with van der Waals surface area (Å²) in [5, 5.41) is 4.36. The fourth-order valence-corrected chi connectivity index (χ4v) is 2.27. The lowest BCUT2D eigenvalue weighted by atomic mass is 10.1. The maximum Gasteiger partial charge on any atom is 0.0527 e. The molecule has 1 aliphatic rings. The highest BCUT2D eigenvalue weighted by atomic mass is 15.3. The average molecular weight is 222 g/mol. The summed E-state index contributed by atoms with van der Waals surface area (Å²) in [5.41, 5.74) is 7.21. The first kappa shape index (κ1) is 11.6. The molecule has 2 rings (SSSR count). The van der Waals surface area contributed by atoms with Crippen LogP contribution in [-0.2, 0) is 6.54 Å². The summed E-state index contributed by atoms with van der Waals surface area (Å²) < 4.78 is 2.11. The van der Waals surface area contributed by atoms with Gasteiger partial charge < -0.3 is 5.73 Å². The highest BCUT2D eigenvalue weighted by Crippen LogP contribution is 2.14. The van der Waals surface area contributed by atoms with Crippen LogP contribution in [0, 0.1) is 0 Å². The highest BCUT2D eigenvalue weighted by Gasteiger charge is 2.17. The second-order valence-electron chi connectivity index (χ2n) is 4.97. The van der Waals surface area contributed by atoms with Crippen molar-refractivity contribution in [2.45, 2.75) is 45.3 Å². The van der Waals surface area contributed by atoms with E-state index in [1.165, 1.54) is 5.69 Å². The number of aromatic nitrogens is 2. The minimum absolute atomic E-state index is 0.409. The maximum atomic E-state index is 5.90. The summed E-state index contributed by atoms with van der Waals surface area (Å²) in [7, 11) is 0. The summed E-state index contributed by atoms with van der Waals surface area (Å²) in [5.74, 6) is 0. The van der Waals surface area contributed by atoms with Crippen molar-refractivity contribution in [3.05, 3.63) is 18.0 Å². The van der Waals surface area contributed by atoms with Crippen LogP contribution >= 0.6 is 0 Å². The third-order valence-electron chi connectivity index (χ3n) is 3.26. The first-order valence-electron chi connectivity index (χ1n) is 6.17. The van der Waals surface area contributed by atoms with Gasteiger partial charge in [-0.25, -0.2) is 0 Å². The Labute approximate surface area is 97.4 Å². The molecular weight excluding hydrogens is 200 g/mol. The molecule has 2 heterocycles. The first-order chi connectivity index (χ1) is 7.66. The molecule has 90 valence electrons. The van der Waals surface area contributed by atoms with Crippen molar-refractivity contribution < 1.29 is 0 Å². The average Bonchev–Trinajstić information content (AvgIpc) is 2.69. The number of piperidine rings is 1. The molecule has 1 aromatic rings. The van der Waals surface area contributed by atoms with E-state index in [4.69, 9.17) is 5.73 Å². The Kier molecular flexibility index (Phi) is 3.61. The fourth-order valence-electron chi connectivity index (χ4n) is 2.27. The monoisotopic (exact) mass is 222 g/mol. The SMILES string of the molecule is CC(C)n1nccc1CN1CCC(N)CC1. The zero-order valence-corrected chi connectivity index (χ0v) is 10.3. The molecule has 0 aliphatic carbocycles. The Morgan fingerprint density at radius 3 is 2.75 bits per heavy atom. The molecule has 1 saturated heterocycles. The van der Waals surface area contributed by atoms with Gasteiger partial charge in [0, 0.05) is 37.9 Å². The van der Waals surface area contributed by atoms with Crippen molar-refractivity contribution >= 4 is 0 Å². The number of hydrogen-bond donors (Lipinski definition) is 1. The zero-order chi connectivity index (χ0) is 11.5. The van der Waals surface area contributed by atoms with Crippen molar-refractivity contribution in [1.29, 1.82) is 0 Å². The van der Waals surface area contributed by atoms with E-state index >= 15 is 0 Å². The van der Waals surface area contributed by atoms with Crippen LogP contribution in [0.1, 0.15) is 38.4 Å². The number of nitrogens with zero attached hydrogens (tertiary/aromatic N) is 3. The Hall–Kier alpha value is -0.870. The molecule has 0 atom stereocenters. The molecule has 2 N–H and O–H groups in total. The van der Waals surface area contributed by atoms with Gasteiger partial charge in [-0.3, -0.25) is 9.58 Å². The summed E-state index contributed by atoms with van der Waals surface area (Å²) in [6.07, 6.45) is 4.14. The van der Waals surface area contributed by atoms with Gasteiger partial charge in [0.15, 0.2) is 0 Å². The molecule has 1 fully saturated rings. The van der Waals surface area contributed by atoms with Gasteiger partial charge >= 0.3 is 0 Å². The normalized spacial score (nSPS) is 19.5. The van der Waals surface area contributed by atoms with E-state index in [9.17, 15) is 0 Å². The van der Waals surface area contributed by atoms with Gasteiger partial charge in [0.25, 0.3) is 0 Å². The van der Waals surface area contributed by atoms with E-state index in [1.807, 2.05) is 6.20 Å². The van der Waals surface area contributed by atoms with Crippen LogP contribution < -0.4 is 5.73 Å². The Morgan fingerprint density at radius 2 is 2.12 bits per heavy atom. The van der Waals surface area contributed by atoms with Gasteiger partial charge in [-0.1, -0.05) is 0 Å². The number of likely N-dealkylation sites (tertiary alicyclic amines) is 1. The van der Waals surface area contributed by atoms with E-state index < -0.39 is 0 Å². The molecule has 0 saturated carbocycles. The van der Waals surface area contributed by atoms with E-state index in [0.717, 1.165) is 32.5 Å². The van der Waals surface area contributed by atoms with Crippen molar-refractivity contribution in [3.63, 3.8) is 0 Å². The van der Waals surface area contributed by atoms with E-state index in [1.54, 1.807) is 0 Å². The number of rotatable bonds is 3. The zero-order valence-electron chi connectivity index (χ0n) is 10.3. The lowest BCUT2D eigenvalue weighted by Crippen LogP contribution is -2.39. The smallest absolute Gasteiger partial charge is 0.0527 e. The lowest BCUT2D eigenvalue weighted by molar-refractivity contribution is 0.199. The molecule has 4 heteroatoms. The number of hydrogen-bond acceptors (Lipinski definition) is 3. The van der Waals surface area contributed by atoms with Gasteiger partial charge in [0.05, 0.1) is 5.69 Å². The summed E-state index contributed by atoms with van der Waals surface area (Å²) in [6, 6.07) is 2.97. The molecule has 0 unspecified atom stereocenters.